The molecule has 0 fully saturated rings. The summed E-state index contributed by atoms with van der Waals surface area (Å²) in [4.78, 5) is 15.0. The fourth-order valence-corrected chi connectivity index (χ4v) is 2.19. The number of nitrogens with zero attached hydrogens (tertiary/aromatic N) is 2. The molecule has 0 aromatic carbocycles. The summed E-state index contributed by atoms with van der Waals surface area (Å²) >= 11 is 0. The predicted octanol–water partition coefficient (Wildman–Crippen LogP) is 2.79. The van der Waals surface area contributed by atoms with Crippen molar-refractivity contribution in [1.29, 1.82) is 0 Å². The molecule has 1 aromatic rings. The quantitative estimate of drug-likeness (QED) is 0.623. The maximum Gasteiger partial charge on any atom is 0.291 e. The van der Waals surface area contributed by atoms with E-state index in [1.807, 2.05) is 20.8 Å². The van der Waals surface area contributed by atoms with Crippen LogP contribution in [0.3, 0.4) is 0 Å². The van der Waals surface area contributed by atoms with Crippen LogP contribution in [0.2, 0.25) is 0 Å². The van der Waals surface area contributed by atoms with Crippen molar-refractivity contribution in [2.45, 2.75) is 46.1 Å². The Labute approximate surface area is 108 Å². The molecule has 0 aliphatic carbocycles. The van der Waals surface area contributed by atoms with Crippen molar-refractivity contribution < 1.29 is 4.92 Å². The topological polar surface area (TPSA) is 68.1 Å². The third-order valence-corrected chi connectivity index (χ3v) is 3.17. The largest absolute Gasteiger partial charge is 0.314 e. The summed E-state index contributed by atoms with van der Waals surface area (Å²) < 4.78 is 0. The van der Waals surface area contributed by atoms with Crippen molar-refractivity contribution in [3.63, 3.8) is 0 Å². The number of nitro groups is 1. The second kappa shape index (κ2) is 6.44. The third-order valence-electron chi connectivity index (χ3n) is 3.17. The lowest BCUT2D eigenvalue weighted by Gasteiger charge is -2.22. The average molecular weight is 251 g/mol. The summed E-state index contributed by atoms with van der Waals surface area (Å²) in [5, 5.41) is 14.4. The molecular weight excluding hydrogens is 230 g/mol. The maximum atomic E-state index is 11.1. The van der Waals surface area contributed by atoms with Gasteiger partial charge in [0, 0.05) is 24.2 Å². The van der Waals surface area contributed by atoms with Gasteiger partial charge in [0.15, 0.2) is 0 Å². The molecule has 0 spiro atoms. The number of rotatable bonds is 6. The molecule has 0 radical (unpaired) electrons. The molecule has 5 heteroatoms. The van der Waals surface area contributed by atoms with Crippen molar-refractivity contribution in [2.24, 2.45) is 0 Å². The third kappa shape index (κ3) is 3.26. The first-order valence-electron chi connectivity index (χ1n) is 6.35. The van der Waals surface area contributed by atoms with E-state index < -0.39 is 0 Å². The monoisotopic (exact) mass is 251 g/mol. The highest BCUT2D eigenvalue weighted by Gasteiger charge is 2.25. The van der Waals surface area contributed by atoms with Gasteiger partial charge in [0.1, 0.15) is 5.69 Å². The van der Waals surface area contributed by atoms with Gasteiger partial charge in [0.05, 0.1) is 4.92 Å². The van der Waals surface area contributed by atoms with Crippen LogP contribution in [-0.4, -0.2) is 22.5 Å². The van der Waals surface area contributed by atoms with Crippen LogP contribution in [0.25, 0.3) is 0 Å². The Morgan fingerprint density at radius 2 is 2.17 bits per heavy atom. The van der Waals surface area contributed by atoms with Gasteiger partial charge in [-0.1, -0.05) is 20.8 Å². The number of pyridine rings is 1. The Morgan fingerprint density at radius 3 is 2.67 bits per heavy atom. The van der Waals surface area contributed by atoms with Gasteiger partial charge >= 0.3 is 0 Å². The number of nitrogens with one attached hydrogen (secondary N) is 1. The van der Waals surface area contributed by atoms with Crippen LogP contribution in [-0.2, 0) is 0 Å². The first-order chi connectivity index (χ1) is 8.51. The maximum absolute atomic E-state index is 11.1. The van der Waals surface area contributed by atoms with Crippen LogP contribution >= 0.6 is 0 Å². The first-order valence-corrected chi connectivity index (χ1v) is 6.35. The Morgan fingerprint density at radius 1 is 1.50 bits per heavy atom. The van der Waals surface area contributed by atoms with Crippen LogP contribution in [0, 0.1) is 17.0 Å². The van der Waals surface area contributed by atoms with E-state index in [-0.39, 0.29) is 22.6 Å². The number of hydrogen-bond acceptors (Lipinski definition) is 4. The molecule has 18 heavy (non-hydrogen) atoms. The second-order valence-electron chi connectivity index (χ2n) is 4.54. The van der Waals surface area contributed by atoms with Crippen molar-refractivity contribution in [1.82, 2.24) is 10.3 Å². The van der Waals surface area contributed by atoms with E-state index >= 15 is 0 Å². The standard InChI is InChI=1S/C13H21N3O2/c1-5-11(14-6-2)10(4)13-12(16(17)18)7-9(3)8-15-13/h7-8,10-11,14H,5-6H2,1-4H3. The minimum atomic E-state index is -0.343. The van der Waals surface area contributed by atoms with Crippen LogP contribution in [0.1, 0.15) is 44.4 Å². The van der Waals surface area contributed by atoms with E-state index in [1.54, 1.807) is 12.3 Å². The lowest BCUT2D eigenvalue weighted by Crippen LogP contribution is -2.33. The Bertz CT molecular complexity index is 421. The van der Waals surface area contributed by atoms with Crippen molar-refractivity contribution >= 4 is 5.69 Å². The summed E-state index contributed by atoms with van der Waals surface area (Å²) in [5.74, 6) is 0.0240. The fraction of sp³-hybridized carbons (Fsp3) is 0.615. The molecular formula is C13H21N3O2. The molecule has 0 amide bonds. The van der Waals surface area contributed by atoms with Crippen LogP contribution < -0.4 is 5.32 Å². The molecule has 1 aromatic heterocycles. The smallest absolute Gasteiger partial charge is 0.291 e. The number of aromatic nitrogens is 1. The lowest BCUT2D eigenvalue weighted by atomic mass is 9.94. The summed E-state index contributed by atoms with van der Waals surface area (Å²) in [5.41, 5.74) is 1.51. The summed E-state index contributed by atoms with van der Waals surface area (Å²) in [7, 11) is 0. The second-order valence-corrected chi connectivity index (χ2v) is 4.54. The Hall–Kier alpha value is -1.49. The Kier molecular flexibility index (Phi) is 5.22. The zero-order valence-electron chi connectivity index (χ0n) is 11.4. The zero-order valence-corrected chi connectivity index (χ0v) is 11.4. The highest BCUT2D eigenvalue weighted by Crippen LogP contribution is 2.28. The van der Waals surface area contributed by atoms with E-state index in [4.69, 9.17) is 0 Å². The highest BCUT2D eigenvalue weighted by atomic mass is 16.6. The van der Waals surface area contributed by atoms with Crippen molar-refractivity contribution in [2.75, 3.05) is 6.54 Å². The molecule has 5 nitrogen and oxygen atoms in total. The number of hydrogen-bond donors (Lipinski definition) is 1. The molecule has 0 aliphatic rings. The van der Waals surface area contributed by atoms with Gasteiger partial charge in [-0.3, -0.25) is 15.1 Å². The van der Waals surface area contributed by atoms with E-state index in [1.165, 1.54) is 0 Å². The van der Waals surface area contributed by atoms with Gasteiger partial charge in [-0.05, 0) is 25.5 Å². The molecule has 1 rings (SSSR count). The summed E-state index contributed by atoms with van der Waals surface area (Å²) in [6.45, 7) is 8.76. The Balaban J connectivity index is 3.11. The van der Waals surface area contributed by atoms with Gasteiger partial charge in [0.2, 0.25) is 0 Å². The number of likely N-dealkylation sites (N-methyl/N-ethyl adjacent to an activating group) is 1. The highest BCUT2D eigenvalue weighted by molar-refractivity contribution is 5.40. The van der Waals surface area contributed by atoms with Gasteiger partial charge in [-0.2, -0.15) is 0 Å². The lowest BCUT2D eigenvalue weighted by molar-refractivity contribution is -0.386. The SMILES string of the molecule is CCNC(CC)C(C)c1ncc(C)cc1[N+](=O)[O-]. The normalized spacial score (nSPS) is 14.2. The minimum absolute atomic E-state index is 0.0240. The van der Waals surface area contributed by atoms with Crippen molar-refractivity contribution in [3.8, 4) is 0 Å². The van der Waals surface area contributed by atoms with Crippen LogP contribution in [0.15, 0.2) is 12.3 Å². The molecule has 0 bridgehead atoms. The summed E-state index contributed by atoms with van der Waals surface area (Å²) in [6.07, 6.45) is 2.61. The van der Waals surface area contributed by atoms with E-state index in [0.717, 1.165) is 18.5 Å². The number of aryl methyl sites for hydroxylation is 1. The predicted molar refractivity (Wildman–Crippen MR) is 71.8 cm³/mol. The van der Waals surface area contributed by atoms with E-state index in [9.17, 15) is 10.1 Å². The molecule has 2 unspecified atom stereocenters. The van der Waals surface area contributed by atoms with Crippen LogP contribution in [0.4, 0.5) is 5.69 Å². The molecule has 0 saturated carbocycles. The molecule has 100 valence electrons. The zero-order chi connectivity index (χ0) is 13.7. The molecule has 2 atom stereocenters. The fourth-order valence-electron chi connectivity index (χ4n) is 2.19. The van der Waals surface area contributed by atoms with Gasteiger partial charge < -0.3 is 5.32 Å². The average Bonchev–Trinajstić information content (AvgIpc) is 2.35. The molecule has 0 aliphatic heterocycles. The van der Waals surface area contributed by atoms with Gasteiger partial charge in [-0.15, -0.1) is 0 Å². The van der Waals surface area contributed by atoms with Crippen LogP contribution in [0.5, 0.6) is 0 Å². The molecule has 1 heterocycles. The first kappa shape index (κ1) is 14.6. The van der Waals surface area contributed by atoms with Gasteiger partial charge in [-0.25, -0.2) is 0 Å². The molecule has 1 N–H and O–H groups in total. The van der Waals surface area contributed by atoms with Crippen molar-refractivity contribution in [3.05, 3.63) is 33.6 Å². The minimum Gasteiger partial charge on any atom is -0.314 e. The summed E-state index contributed by atoms with van der Waals surface area (Å²) in [6, 6.07) is 1.81. The molecule has 0 saturated heterocycles. The van der Waals surface area contributed by atoms with E-state index in [2.05, 4.69) is 17.2 Å². The van der Waals surface area contributed by atoms with Gasteiger partial charge in [0.25, 0.3) is 5.69 Å². The van der Waals surface area contributed by atoms with E-state index in [0.29, 0.717) is 5.69 Å².